The van der Waals surface area contributed by atoms with Gasteiger partial charge in [-0.2, -0.15) is 0 Å². The zero-order chi connectivity index (χ0) is 31.5. The minimum absolute atomic E-state index is 0.139. The van der Waals surface area contributed by atoms with Crippen LogP contribution in [0.3, 0.4) is 0 Å². The monoisotopic (exact) mass is 592 g/mol. The van der Waals surface area contributed by atoms with E-state index in [1.165, 1.54) is 5.56 Å². The first kappa shape index (κ1) is 32.9. The molecule has 0 radical (unpaired) electrons. The molecule has 1 fully saturated rings. The summed E-state index contributed by atoms with van der Waals surface area (Å²) >= 11 is 0. The molecule has 2 aromatic carbocycles. The van der Waals surface area contributed by atoms with Gasteiger partial charge in [-0.1, -0.05) is 50.2 Å². The van der Waals surface area contributed by atoms with Gasteiger partial charge in [0.15, 0.2) is 11.5 Å². The van der Waals surface area contributed by atoms with Crippen molar-refractivity contribution >= 4 is 18.9 Å². The highest BCUT2D eigenvalue weighted by Crippen LogP contribution is 2.41. The number of methoxy groups -OCH3 is 2. The van der Waals surface area contributed by atoms with Crippen LogP contribution in [0.4, 0.5) is 0 Å². The molecule has 4 rings (SSSR count). The minimum atomic E-state index is -0.761. The molecule has 8 nitrogen and oxygen atoms in total. The topological polar surface area (TPSA) is 95.1 Å². The van der Waals surface area contributed by atoms with Gasteiger partial charge in [-0.15, -0.1) is 0 Å². The lowest BCUT2D eigenvalue weighted by molar-refractivity contribution is -0.131. The second-order valence-corrected chi connectivity index (χ2v) is 13.5. The molecule has 3 atom stereocenters. The normalized spacial score (nSPS) is 20.2. The average Bonchev–Trinajstić information content (AvgIpc) is 3.17. The third-order valence-electron chi connectivity index (χ3n) is 9.18. The quantitative estimate of drug-likeness (QED) is 0.357. The van der Waals surface area contributed by atoms with E-state index in [9.17, 15) is 9.59 Å². The molecule has 1 heterocycles. The Morgan fingerprint density at radius 1 is 1.00 bits per heavy atom. The molecule has 0 spiro atoms. The first-order chi connectivity index (χ1) is 20.3. The Hall–Kier alpha value is -3.04. The number of carbonyl (C=O) groups excluding carboxylic acids is 2. The van der Waals surface area contributed by atoms with Crippen LogP contribution in [0.2, 0.25) is 0 Å². The maximum absolute atomic E-state index is 14.0. The van der Waals surface area contributed by atoms with E-state index < -0.39 is 24.4 Å². The number of amides is 2. The molecule has 2 amide bonds. The molecule has 0 saturated carbocycles. The Morgan fingerprint density at radius 2 is 1.63 bits per heavy atom. The van der Waals surface area contributed by atoms with Gasteiger partial charge in [0.1, 0.15) is 6.04 Å². The van der Waals surface area contributed by atoms with E-state index in [0.717, 1.165) is 23.1 Å². The fraction of sp³-hybridized carbons (Fsp3) is 0.588. The van der Waals surface area contributed by atoms with Crippen molar-refractivity contribution in [3.8, 4) is 11.5 Å². The third kappa shape index (κ3) is 7.38. The summed E-state index contributed by atoms with van der Waals surface area (Å²) in [5.74, 6) is 0.627. The van der Waals surface area contributed by atoms with E-state index in [-0.39, 0.29) is 23.7 Å². The van der Waals surface area contributed by atoms with Crippen LogP contribution in [0.1, 0.15) is 76.6 Å². The number of aryl methyl sites for hydroxylation is 2. The molecule has 1 aliphatic heterocycles. The lowest BCUT2D eigenvalue weighted by Gasteiger charge is -2.32. The van der Waals surface area contributed by atoms with Crippen molar-refractivity contribution in [3.05, 3.63) is 58.7 Å². The highest BCUT2D eigenvalue weighted by Gasteiger charge is 2.54. The van der Waals surface area contributed by atoms with E-state index in [1.54, 1.807) is 14.2 Å². The smallest absolute Gasteiger partial charge is 0.481 e. The number of rotatable bonds is 11. The van der Waals surface area contributed by atoms with Crippen molar-refractivity contribution in [3.63, 3.8) is 0 Å². The lowest BCUT2D eigenvalue weighted by Crippen LogP contribution is -2.56. The highest BCUT2D eigenvalue weighted by atomic mass is 16.7. The van der Waals surface area contributed by atoms with Gasteiger partial charge in [0.05, 0.1) is 31.4 Å². The van der Waals surface area contributed by atoms with Crippen molar-refractivity contribution < 1.29 is 28.4 Å². The van der Waals surface area contributed by atoms with E-state index >= 15 is 0 Å². The molecule has 2 N–H and O–H groups in total. The van der Waals surface area contributed by atoms with Crippen LogP contribution >= 0.6 is 0 Å². The molecule has 0 bridgehead atoms. The maximum atomic E-state index is 14.0. The molecule has 1 aliphatic carbocycles. The number of fused-ring (bicyclic) bond motifs is 1. The number of nitrogens with one attached hydrogen (secondary N) is 2. The number of carbonyl (C=O) groups is 2. The van der Waals surface area contributed by atoms with Gasteiger partial charge in [-0.25, -0.2) is 0 Å². The van der Waals surface area contributed by atoms with Crippen molar-refractivity contribution in [2.24, 2.45) is 11.8 Å². The fourth-order valence-electron chi connectivity index (χ4n) is 6.13. The van der Waals surface area contributed by atoms with Crippen molar-refractivity contribution in [1.29, 1.82) is 0 Å². The predicted octanol–water partition coefficient (Wildman–Crippen LogP) is 5.01. The fourth-order valence-corrected chi connectivity index (χ4v) is 6.13. The van der Waals surface area contributed by atoms with Crippen LogP contribution in [0.15, 0.2) is 36.4 Å². The van der Waals surface area contributed by atoms with Gasteiger partial charge >= 0.3 is 7.12 Å². The van der Waals surface area contributed by atoms with Gasteiger partial charge in [0.2, 0.25) is 11.8 Å². The molecule has 2 aromatic rings. The van der Waals surface area contributed by atoms with E-state index in [1.807, 2.05) is 65.0 Å². The maximum Gasteiger partial charge on any atom is 0.481 e. The van der Waals surface area contributed by atoms with Crippen LogP contribution < -0.4 is 20.1 Å². The molecule has 0 aromatic heterocycles. The lowest BCUT2D eigenvalue weighted by atomic mass is 9.73. The summed E-state index contributed by atoms with van der Waals surface area (Å²) < 4.78 is 24.1. The van der Waals surface area contributed by atoms with Crippen LogP contribution in [0.25, 0.3) is 0 Å². The number of hydrogen-bond acceptors (Lipinski definition) is 6. The minimum Gasteiger partial charge on any atom is -0.493 e. The molecule has 1 saturated heterocycles. The zero-order valence-electron chi connectivity index (χ0n) is 27.3. The Kier molecular flexibility index (Phi) is 10.2. The molecular weight excluding hydrogens is 543 g/mol. The standard InChI is InChI=1S/C34H49BN2O6/c1-21(2)17-28(35-42-33(4,5)34(6,7)43-35)37-32(39)27(19-23-13-11-10-12-14-23)36-31(38)25-16-15-24-18-22(3)29(40-8)30(41-9)26(24)20-25/h10-14,18,21,25,27-28H,15-17,19-20H2,1-9H3,(H,36,38)(H,37,39)/t25?,27-,28-/m0/s1. The van der Waals surface area contributed by atoms with Crippen LogP contribution in [0.5, 0.6) is 11.5 Å². The van der Waals surface area contributed by atoms with Crippen molar-refractivity contribution in [2.75, 3.05) is 14.2 Å². The SMILES string of the molecule is COc1c(C)cc2c(c1OC)CC(C(=O)N[C@@H](Cc1ccccc1)C(=O)N[C@@H](CC(C)C)B1OC(C)(C)C(C)(C)O1)CC2. The second-order valence-electron chi connectivity index (χ2n) is 13.5. The summed E-state index contributed by atoms with van der Waals surface area (Å²) in [4.78, 5) is 27.8. The molecular formula is C34H49BN2O6. The number of hydrogen-bond donors (Lipinski definition) is 2. The first-order valence-corrected chi connectivity index (χ1v) is 15.5. The zero-order valence-corrected chi connectivity index (χ0v) is 27.3. The van der Waals surface area contributed by atoms with E-state index in [4.69, 9.17) is 18.8 Å². The summed E-state index contributed by atoms with van der Waals surface area (Å²) in [6.07, 6.45) is 3.01. The molecule has 9 heteroatoms. The largest absolute Gasteiger partial charge is 0.493 e. The molecule has 2 aliphatic rings. The first-order valence-electron chi connectivity index (χ1n) is 15.5. The Balaban J connectivity index is 1.55. The van der Waals surface area contributed by atoms with E-state index in [2.05, 4.69) is 30.5 Å². The third-order valence-corrected chi connectivity index (χ3v) is 9.18. The second kappa shape index (κ2) is 13.3. The summed E-state index contributed by atoms with van der Waals surface area (Å²) in [6, 6.07) is 11.1. The van der Waals surface area contributed by atoms with Crippen LogP contribution in [0, 0.1) is 18.8 Å². The van der Waals surface area contributed by atoms with Gasteiger partial charge in [-0.3, -0.25) is 9.59 Å². The van der Waals surface area contributed by atoms with Crippen LogP contribution in [-0.2, 0) is 38.2 Å². The Morgan fingerprint density at radius 3 is 2.21 bits per heavy atom. The van der Waals surface area contributed by atoms with Gasteiger partial charge in [-0.05, 0) is 82.9 Å². The van der Waals surface area contributed by atoms with Crippen molar-refractivity contribution in [2.45, 2.75) is 104 Å². The summed E-state index contributed by atoms with van der Waals surface area (Å²) in [5, 5.41) is 6.33. The van der Waals surface area contributed by atoms with Gasteiger partial charge in [0, 0.05) is 17.9 Å². The average molecular weight is 593 g/mol. The van der Waals surface area contributed by atoms with Crippen LogP contribution in [-0.4, -0.2) is 56.3 Å². The molecule has 1 unspecified atom stereocenters. The van der Waals surface area contributed by atoms with E-state index in [0.29, 0.717) is 43.1 Å². The Bertz CT molecular complexity index is 1280. The molecule has 43 heavy (non-hydrogen) atoms. The van der Waals surface area contributed by atoms with Gasteiger partial charge in [0.25, 0.3) is 0 Å². The summed E-state index contributed by atoms with van der Waals surface area (Å²) in [6.45, 7) is 14.3. The molecule has 234 valence electrons. The van der Waals surface area contributed by atoms with Gasteiger partial charge < -0.3 is 29.4 Å². The highest BCUT2D eigenvalue weighted by molar-refractivity contribution is 6.48. The number of ether oxygens (including phenoxy) is 2. The summed E-state index contributed by atoms with van der Waals surface area (Å²) in [7, 11) is 2.67. The Labute approximate surface area is 257 Å². The summed E-state index contributed by atoms with van der Waals surface area (Å²) in [5.41, 5.74) is 3.12. The predicted molar refractivity (Wildman–Crippen MR) is 169 cm³/mol. The number of benzene rings is 2. The van der Waals surface area contributed by atoms with Crippen molar-refractivity contribution in [1.82, 2.24) is 10.6 Å².